The van der Waals surface area contributed by atoms with E-state index in [-0.39, 0.29) is 6.04 Å². The number of benzene rings is 1. The molecule has 21 heavy (non-hydrogen) atoms. The van der Waals surface area contributed by atoms with Crippen molar-refractivity contribution in [3.8, 4) is 0 Å². The van der Waals surface area contributed by atoms with Gasteiger partial charge in [-0.2, -0.15) is 4.31 Å². The van der Waals surface area contributed by atoms with Crippen molar-refractivity contribution in [2.45, 2.75) is 19.4 Å². The topological polar surface area (TPSA) is 66.6 Å². The lowest BCUT2D eigenvalue weighted by Crippen LogP contribution is -2.48. The van der Waals surface area contributed by atoms with Crippen molar-refractivity contribution in [3.05, 3.63) is 28.8 Å². The van der Waals surface area contributed by atoms with Gasteiger partial charge >= 0.3 is 0 Å². The van der Waals surface area contributed by atoms with Crippen LogP contribution in [0.3, 0.4) is 0 Å². The third kappa shape index (κ3) is 4.32. The number of piperazine rings is 1. The molecule has 1 atom stereocenters. The molecule has 7 heteroatoms. The summed E-state index contributed by atoms with van der Waals surface area (Å²) in [6.45, 7) is 4.26. The summed E-state index contributed by atoms with van der Waals surface area (Å²) in [6.07, 6.45) is 2.04. The maximum atomic E-state index is 11.5. The summed E-state index contributed by atoms with van der Waals surface area (Å²) >= 11 is 6.36. The van der Waals surface area contributed by atoms with Gasteiger partial charge in [0.1, 0.15) is 0 Å². The summed E-state index contributed by atoms with van der Waals surface area (Å²) in [5.41, 5.74) is 7.87. The molecule has 1 aliphatic rings. The lowest BCUT2D eigenvalue weighted by atomic mass is 10.1. The van der Waals surface area contributed by atoms with Crippen LogP contribution in [0.4, 0.5) is 5.69 Å². The van der Waals surface area contributed by atoms with E-state index >= 15 is 0 Å². The highest BCUT2D eigenvalue weighted by atomic mass is 35.5. The Bertz CT molecular complexity index is 596. The van der Waals surface area contributed by atoms with Gasteiger partial charge < -0.3 is 10.6 Å². The second kappa shape index (κ2) is 6.52. The number of halogens is 1. The van der Waals surface area contributed by atoms with E-state index < -0.39 is 10.0 Å². The van der Waals surface area contributed by atoms with E-state index in [9.17, 15) is 8.42 Å². The van der Waals surface area contributed by atoms with Crippen LogP contribution in [0.15, 0.2) is 18.2 Å². The van der Waals surface area contributed by atoms with Crippen molar-refractivity contribution in [3.63, 3.8) is 0 Å². The van der Waals surface area contributed by atoms with Gasteiger partial charge in [-0.1, -0.05) is 17.7 Å². The summed E-state index contributed by atoms with van der Waals surface area (Å²) in [4.78, 5) is 2.12. The van der Waals surface area contributed by atoms with Gasteiger partial charge in [0.15, 0.2) is 0 Å². The highest BCUT2D eigenvalue weighted by Crippen LogP contribution is 2.28. The van der Waals surface area contributed by atoms with Crippen LogP contribution in [0.2, 0.25) is 5.02 Å². The molecule has 0 aliphatic carbocycles. The third-order valence-corrected chi connectivity index (χ3v) is 5.22. The van der Waals surface area contributed by atoms with Gasteiger partial charge in [-0.3, -0.25) is 0 Å². The molecule has 0 amide bonds. The molecule has 1 saturated heterocycles. The highest BCUT2D eigenvalue weighted by Gasteiger charge is 2.24. The van der Waals surface area contributed by atoms with E-state index in [0.29, 0.717) is 31.2 Å². The van der Waals surface area contributed by atoms with Gasteiger partial charge in [-0.15, -0.1) is 0 Å². The molecule has 5 nitrogen and oxygen atoms in total. The maximum Gasteiger partial charge on any atom is 0.211 e. The summed E-state index contributed by atoms with van der Waals surface area (Å²) in [5.74, 6) is 0. The van der Waals surface area contributed by atoms with E-state index in [1.54, 1.807) is 0 Å². The van der Waals surface area contributed by atoms with Crippen LogP contribution >= 0.6 is 11.6 Å². The van der Waals surface area contributed by atoms with E-state index in [1.165, 1.54) is 10.6 Å². The van der Waals surface area contributed by atoms with Crippen LogP contribution in [0.1, 0.15) is 12.5 Å². The summed E-state index contributed by atoms with van der Waals surface area (Å²) in [5, 5.41) is 0.695. The Labute approximate surface area is 131 Å². The van der Waals surface area contributed by atoms with Gasteiger partial charge in [0.2, 0.25) is 10.0 Å². The van der Waals surface area contributed by atoms with E-state index in [0.717, 1.165) is 17.7 Å². The zero-order chi connectivity index (χ0) is 15.6. The van der Waals surface area contributed by atoms with Crippen molar-refractivity contribution in [2.75, 3.05) is 37.3 Å². The Balaban J connectivity index is 2.07. The third-order valence-electron chi connectivity index (χ3n) is 3.62. The Hall–Kier alpha value is -0.820. The van der Waals surface area contributed by atoms with E-state index in [1.807, 2.05) is 25.1 Å². The Morgan fingerprint density at radius 1 is 1.29 bits per heavy atom. The fourth-order valence-corrected chi connectivity index (χ4v) is 3.72. The Morgan fingerprint density at radius 3 is 2.38 bits per heavy atom. The fourth-order valence-electron chi connectivity index (χ4n) is 2.57. The molecule has 1 aromatic rings. The van der Waals surface area contributed by atoms with Gasteiger partial charge in [0.05, 0.1) is 17.0 Å². The monoisotopic (exact) mass is 331 g/mol. The minimum atomic E-state index is -3.10. The highest BCUT2D eigenvalue weighted by molar-refractivity contribution is 7.88. The van der Waals surface area contributed by atoms with E-state index in [2.05, 4.69) is 4.90 Å². The largest absolute Gasteiger partial charge is 0.368 e. The molecule has 0 aromatic heterocycles. The summed E-state index contributed by atoms with van der Waals surface area (Å²) in [6, 6.07) is 6.08. The van der Waals surface area contributed by atoms with Gasteiger partial charge in [-0.25, -0.2) is 8.42 Å². The standard InChI is InChI=1S/C14H22ClN3O2S/c1-11(16)9-12-3-4-14(13(15)10-12)17-5-7-18(8-6-17)21(2,19)20/h3-4,10-11H,5-9,16H2,1-2H3. The molecule has 0 spiro atoms. The molecular weight excluding hydrogens is 310 g/mol. The molecule has 1 unspecified atom stereocenters. The van der Waals surface area contributed by atoms with Crippen LogP contribution in [-0.4, -0.2) is 51.2 Å². The molecule has 0 saturated carbocycles. The quantitative estimate of drug-likeness (QED) is 0.903. The lowest BCUT2D eigenvalue weighted by Gasteiger charge is -2.35. The normalized spacial score (nSPS) is 18.8. The molecule has 1 aliphatic heterocycles. The SMILES string of the molecule is CC(N)Cc1ccc(N2CCN(S(C)(=O)=O)CC2)c(Cl)c1. The Morgan fingerprint density at radius 2 is 1.90 bits per heavy atom. The summed E-state index contributed by atoms with van der Waals surface area (Å²) < 4.78 is 24.5. The van der Waals surface area contributed by atoms with Crippen molar-refractivity contribution in [2.24, 2.45) is 5.73 Å². The van der Waals surface area contributed by atoms with Crippen molar-refractivity contribution in [1.29, 1.82) is 0 Å². The van der Waals surface area contributed by atoms with Gasteiger partial charge in [0, 0.05) is 32.2 Å². The molecule has 2 rings (SSSR count). The second-order valence-corrected chi connectivity index (χ2v) is 8.01. The first kappa shape index (κ1) is 16.5. The molecule has 1 heterocycles. The number of rotatable bonds is 4. The zero-order valence-corrected chi connectivity index (χ0v) is 14.0. The minimum absolute atomic E-state index is 0.102. The average molecular weight is 332 g/mol. The van der Waals surface area contributed by atoms with Crippen molar-refractivity contribution >= 4 is 27.3 Å². The molecule has 2 N–H and O–H groups in total. The number of hydrogen-bond acceptors (Lipinski definition) is 4. The molecule has 1 aromatic carbocycles. The zero-order valence-electron chi connectivity index (χ0n) is 12.4. The van der Waals surface area contributed by atoms with Crippen LogP contribution in [0.5, 0.6) is 0 Å². The summed E-state index contributed by atoms with van der Waals surface area (Å²) in [7, 11) is -3.10. The number of nitrogens with two attached hydrogens (primary N) is 1. The molecule has 0 radical (unpaired) electrons. The van der Waals surface area contributed by atoms with Crippen molar-refractivity contribution in [1.82, 2.24) is 4.31 Å². The second-order valence-electron chi connectivity index (χ2n) is 5.62. The first-order chi connectivity index (χ1) is 9.77. The lowest BCUT2D eigenvalue weighted by molar-refractivity contribution is 0.388. The minimum Gasteiger partial charge on any atom is -0.368 e. The number of sulfonamides is 1. The van der Waals surface area contributed by atoms with Gasteiger partial charge in [-0.05, 0) is 31.0 Å². The van der Waals surface area contributed by atoms with Crippen LogP contribution in [0.25, 0.3) is 0 Å². The maximum absolute atomic E-state index is 11.5. The van der Waals surface area contributed by atoms with E-state index in [4.69, 9.17) is 17.3 Å². The predicted molar refractivity (Wildman–Crippen MR) is 87.4 cm³/mol. The number of anilines is 1. The molecule has 0 bridgehead atoms. The first-order valence-electron chi connectivity index (χ1n) is 7.01. The number of hydrogen-bond donors (Lipinski definition) is 1. The van der Waals surface area contributed by atoms with Crippen LogP contribution < -0.4 is 10.6 Å². The fraction of sp³-hybridized carbons (Fsp3) is 0.571. The van der Waals surface area contributed by atoms with Crippen LogP contribution in [-0.2, 0) is 16.4 Å². The molecule has 118 valence electrons. The average Bonchev–Trinajstić information content (AvgIpc) is 2.37. The van der Waals surface area contributed by atoms with Gasteiger partial charge in [0.25, 0.3) is 0 Å². The first-order valence-corrected chi connectivity index (χ1v) is 9.24. The smallest absolute Gasteiger partial charge is 0.211 e. The van der Waals surface area contributed by atoms with Crippen molar-refractivity contribution < 1.29 is 8.42 Å². The molecule has 1 fully saturated rings. The van der Waals surface area contributed by atoms with Crippen LogP contribution in [0, 0.1) is 0 Å². The molecular formula is C14H22ClN3O2S. The Kier molecular flexibility index (Phi) is 5.14. The number of nitrogens with zero attached hydrogens (tertiary/aromatic N) is 2. The predicted octanol–water partition coefficient (Wildman–Crippen LogP) is 1.31.